The Hall–Kier alpha value is -2.06. The van der Waals surface area contributed by atoms with Gasteiger partial charge in [0.05, 0.1) is 4.91 Å². The highest BCUT2D eigenvalue weighted by molar-refractivity contribution is 9.10. The Kier molecular flexibility index (Phi) is 5.57. The molecule has 152 valence electrons. The molecular weight excluding hydrogens is 454 g/mol. The minimum absolute atomic E-state index is 0.106. The van der Waals surface area contributed by atoms with Gasteiger partial charge in [0, 0.05) is 46.3 Å². The van der Waals surface area contributed by atoms with Crippen molar-refractivity contribution in [2.24, 2.45) is 0 Å². The molecule has 1 aromatic carbocycles. The first-order valence-electron chi connectivity index (χ1n) is 9.68. The molecule has 2 aliphatic heterocycles. The fourth-order valence-corrected chi connectivity index (χ4v) is 5.13. The topological polar surface area (TPSA) is 62.6 Å². The molecule has 0 atom stereocenters. The standard InChI is InChI=1S/C21H22BrN3O3S/c1-13(2)25-20(27)18(29-21(25)28)9-14-11-24(12-19(26)23-7-3-4-8-23)17-6-5-15(22)10-16(14)17/h5-6,9-11,13H,3-4,7-8,12H2,1-2H3/b18-9-. The Labute approximate surface area is 182 Å². The smallest absolute Gasteiger partial charge is 0.293 e. The summed E-state index contributed by atoms with van der Waals surface area (Å²) in [6, 6.07) is 5.70. The monoisotopic (exact) mass is 475 g/mol. The van der Waals surface area contributed by atoms with E-state index in [1.807, 2.05) is 47.7 Å². The summed E-state index contributed by atoms with van der Waals surface area (Å²) in [7, 11) is 0. The zero-order valence-corrected chi connectivity index (χ0v) is 18.8. The third kappa shape index (κ3) is 3.88. The second-order valence-electron chi connectivity index (χ2n) is 7.61. The van der Waals surface area contributed by atoms with E-state index in [9.17, 15) is 14.4 Å². The zero-order valence-electron chi connectivity index (χ0n) is 16.4. The van der Waals surface area contributed by atoms with Crippen LogP contribution in [0.25, 0.3) is 17.0 Å². The molecule has 8 heteroatoms. The molecule has 2 aromatic rings. The fraction of sp³-hybridized carbons (Fsp3) is 0.381. The van der Waals surface area contributed by atoms with Gasteiger partial charge in [-0.25, -0.2) is 0 Å². The molecule has 6 nitrogen and oxygen atoms in total. The summed E-state index contributed by atoms with van der Waals surface area (Å²) in [4.78, 5) is 41.1. The van der Waals surface area contributed by atoms with Crippen LogP contribution in [0.3, 0.4) is 0 Å². The van der Waals surface area contributed by atoms with E-state index in [0.29, 0.717) is 4.91 Å². The lowest BCUT2D eigenvalue weighted by Crippen LogP contribution is -2.34. The lowest BCUT2D eigenvalue weighted by Gasteiger charge is -2.16. The number of rotatable bonds is 4. The van der Waals surface area contributed by atoms with Crippen molar-refractivity contribution >= 4 is 61.7 Å². The summed E-state index contributed by atoms with van der Waals surface area (Å²) in [5, 5.41) is 0.690. The quantitative estimate of drug-likeness (QED) is 0.611. The van der Waals surface area contributed by atoms with Crippen molar-refractivity contribution in [3.63, 3.8) is 0 Å². The number of benzene rings is 1. The minimum atomic E-state index is -0.265. The highest BCUT2D eigenvalue weighted by Crippen LogP contribution is 2.35. The van der Waals surface area contributed by atoms with Gasteiger partial charge in [-0.15, -0.1) is 0 Å². The fourth-order valence-electron chi connectivity index (χ4n) is 3.82. The number of thioether (sulfide) groups is 1. The summed E-state index contributed by atoms with van der Waals surface area (Å²) in [6.45, 7) is 5.55. The van der Waals surface area contributed by atoms with Crippen LogP contribution in [0.2, 0.25) is 0 Å². The Bertz CT molecular complexity index is 1040. The molecule has 29 heavy (non-hydrogen) atoms. The minimum Gasteiger partial charge on any atom is -0.341 e. The molecule has 0 spiro atoms. The first kappa shape index (κ1) is 20.2. The van der Waals surface area contributed by atoms with Gasteiger partial charge in [0.25, 0.3) is 11.1 Å². The molecule has 0 saturated carbocycles. The van der Waals surface area contributed by atoms with Gasteiger partial charge in [0.2, 0.25) is 5.91 Å². The maximum atomic E-state index is 12.7. The van der Waals surface area contributed by atoms with E-state index in [4.69, 9.17) is 0 Å². The second-order valence-corrected chi connectivity index (χ2v) is 9.52. The van der Waals surface area contributed by atoms with Crippen molar-refractivity contribution in [3.05, 3.63) is 39.3 Å². The van der Waals surface area contributed by atoms with Crippen LogP contribution in [0.1, 0.15) is 32.3 Å². The van der Waals surface area contributed by atoms with Crippen molar-refractivity contribution < 1.29 is 14.4 Å². The molecule has 0 unspecified atom stereocenters. The normalized spacial score (nSPS) is 18.8. The van der Waals surface area contributed by atoms with Crippen molar-refractivity contribution in [2.75, 3.05) is 13.1 Å². The van der Waals surface area contributed by atoms with E-state index in [0.717, 1.165) is 58.6 Å². The number of aromatic nitrogens is 1. The van der Waals surface area contributed by atoms with Crippen LogP contribution in [-0.2, 0) is 16.1 Å². The van der Waals surface area contributed by atoms with Gasteiger partial charge in [0.15, 0.2) is 0 Å². The van der Waals surface area contributed by atoms with Crippen LogP contribution in [-0.4, -0.2) is 50.6 Å². The van der Waals surface area contributed by atoms with Crippen LogP contribution in [0.4, 0.5) is 4.79 Å². The van der Waals surface area contributed by atoms with Gasteiger partial charge in [-0.2, -0.15) is 0 Å². The molecule has 2 fully saturated rings. The SMILES string of the molecule is CC(C)N1C(=O)S/C(=C\c2cn(CC(=O)N3CCCC3)c3ccc(Br)cc23)C1=O. The Morgan fingerprint density at radius 2 is 1.97 bits per heavy atom. The molecule has 0 aliphatic carbocycles. The van der Waals surface area contributed by atoms with E-state index in [-0.39, 0.29) is 29.6 Å². The van der Waals surface area contributed by atoms with Crippen LogP contribution in [0, 0.1) is 0 Å². The molecule has 3 amide bonds. The highest BCUT2D eigenvalue weighted by Gasteiger charge is 2.36. The third-order valence-electron chi connectivity index (χ3n) is 5.26. The molecule has 2 aliphatic rings. The predicted molar refractivity (Wildman–Crippen MR) is 118 cm³/mol. The third-order valence-corrected chi connectivity index (χ3v) is 6.64. The maximum Gasteiger partial charge on any atom is 0.293 e. The molecule has 1 aromatic heterocycles. The van der Waals surface area contributed by atoms with Gasteiger partial charge in [-0.3, -0.25) is 19.3 Å². The van der Waals surface area contributed by atoms with E-state index in [1.165, 1.54) is 4.90 Å². The summed E-state index contributed by atoms with van der Waals surface area (Å²) >= 11 is 4.47. The van der Waals surface area contributed by atoms with Crippen LogP contribution in [0.15, 0.2) is 33.8 Å². The molecule has 4 rings (SSSR count). The van der Waals surface area contributed by atoms with Gasteiger partial charge in [-0.1, -0.05) is 15.9 Å². The zero-order chi connectivity index (χ0) is 20.7. The average molecular weight is 476 g/mol. The van der Waals surface area contributed by atoms with Crippen LogP contribution < -0.4 is 0 Å². The molecule has 0 bridgehead atoms. The second kappa shape index (κ2) is 7.99. The van der Waals surface area contributed by atoms with Crippen molar-refractivity contribution in [1.29, 1.82) is 0 Å². The summed E-state index contributed by atoms with van der Waals surface area (Å²) in [6.07, 6.45) is 5.78. The predicted octanol–water partition coefficient (Wildman–Crippen LogP) is 4.47. The van der Waals surface area contributed by atoms with E-state index < -0.39 is 0 Å². The number of carbonyl (C=O) groups excluding carboxylic acids is 3. The number of nitrogens with zero attached hydrogens (tertiary/aromatic N) is 3. The number of carbonyl (C=O) groups is 3. The van der Waals surface area contributed by atoms with Gasteiger partial charge >= 0.3 is 0 Å². The van der Waals surface area contributed by atoms with Gasteiger partial charge < -0.3 is 9.47 Å². The Morgan fingerprint density at radius 1 is 1.24 bits per heavy atom. The Morgan fingerprint density at radius 3 is 2.62 bits per heavy atom. The number of amides is 3. The number of hydrogen-bond donors (Lipinski definition) is 0. The van der Waals surface area contributed by atoms with Crippen molar-refractivity contribution in [2.45, 2.75) is 39.3 Å². The molecule has 0 radical (unpaired) electrons. The van der Waals surface area contributed by atoms with E-state index in [1.54, 1.807) is 6.08 Å². The maximum absolute atomic E-state index is 12.7. The molecule has 2 saturated heterocycles. The van der Waals surface area contributed by atoms with E-state index >= 15 is 0 Å². The first-order valence-corrected chi connectivity index (χ1v) is 11.3. The van der Waals surface area contributed by atoms with E-state index in [2.05, 4.69) is 15.9 Å². The number of fused-ring (bicyclic) bond motifs is 1. The largest absolute Gasteiger partial charge is 0.341 e. The summed E-state index contributed by atoms with van der Waals surface area (Å²) in [5.74, 6) is -0.159. The summed E-state index contributed by atoms with van der Waals surface area (Å²) < 4.78 is 2.85. The number of likely N-dealkylation sites (tertiary alicyclic amines) is 1. The molecular formula is C21H22BrN3O3S. The number of imide groups is 1. The average Bonchev–Trinajstić information content (AvgIpc) is 3.35. The van der Waals surface area contributed by atoms with Crippen LogP contribution in [0.5, 0.6) is 0 Å². The Balaban J connectivity index is 1.71. The van der Waals surface area contributed by atoms with Gasteiger partial charge in [-0.05, 0) is 62.7 Å². The van der Waals surface area contributed by atoms with Crippen LogP contribution >= 0.6 is 27.7 Å². The van der Waals surface area contributed by atoms with Gasteiger partial charge in [0.1, 0.15) is 6.54 Å². The number of halogens is 1. The number of hydrogen-bond acceptors (Lipinski definition) is 4. The molecule has 0 N–H and O–H groups in total. The first-order chi connectivity index (χ1) is 13.8. The lowest BCUT2D eigenvalue weighted by atomic mass is 10.1. The lowest BCUT2D eigenvalue weighted by molar-refractivity contribution is -0.130. The summed E-state index contributed by atoms with van der Waals surface area (Å²) in [5.41, 5.74) is 1.75. The van der Waals surface area contributed by atoms with Crippen molar-refractivity contribution in [3.8, 4) is 0 Å². The highest BCUT2D eigenvalue weighted by atomic mass is 79.9. The van der Waals surface area contributed by atoms with Crippen molar-refractivity contribution in [1.82, 2.24) is 14.4 Å². The molecule has 3 heterocycles.